The van der Waals surface area contributed by atoms with E-state index in [1.807, 2.05) is 6.92 Å². The van der Waals surface area contributed by atoms with Gasteiger partial charge < -0.3 is 5.11 Å². The van der Waals surface area contributed by atoms with Gasteiger partial charge in [-0.3, -0.25) is 4.98 Å². The fourth-order valence-corrected chi connectivity index (χ4v) is 4.54. The summed E-state index contributed by atoms with van der Waals surface area (Å²) in [6.07, 6.45) is 4.23. The van der Waals surface area contributed by atoms with E-state index < -0.39 is 22.2 Å². The number of aryl methyl sites for hydroxylation is 1. The van der Waals surface area contributed by atoms with Gasteiger partial charge in [0.25, 0.3) is 0 Å². The van der Waals surface area contributed by atoms with Gasteiger partial charge in [0.05, 0.1) is 16.5 Å². The van der Waals surface area contributed by atoms with E-state index in [0.717, 1.165) is 18.4 Å². The Morgan fingerprint density at radius 3 is 2.77 bits per heavy atom. The quantitative estimate of drug-likeness (QED) is 0.908. The molecule has 2 unspecified atom stereocenters. The smallest absolute Gasteiger partial charge is 0.241 e. The lowest BCUT2D eigenvalue weighted by Crippen LogP contribution is -2.45. The van der Waals surface area contributed by atoms with E-state index in [1.54, 1.807) is 30.5 Å². The van der Waals surface area contributed by atoms with E-state index in [0.29, 0.717) is 23.7 Å². The molecule has 1 fully saturated rings. The molecule has 3 rings (SSSR count). The Balaban J connectivity index is 2.01. The van der Waals surface area contributed by atoms with Crippen LogP contribution in [-0.4, -0.2) is 30.7 Å². The van der Waals surface area contributed by atoms with Gasteiger partial charge in [-0.15, -0.1) is 0 Å². The monoisotopic (exact) mass is 320 g/mol. The number of benzene rings is 1. The number of aliphatic hydroxyl groups is 1. The molecule has 22 heavy (non-hydrogen) atoms. The largest absolute Gasteiger partial charge is 0.391 e. The maximum absolute atomic E-state index is 12.7. The molecule has 2 atom stereocenters. The molecule has 0 spiro atoms. The van der Waals surface area contributed by atoms with E-state index in [2.05, 4.69) is 9.71 Å². The molecular formula is C16H20N2O3S. The summed E-state index contributed by atoms with van der Waals surface area (Å²) in [5, 5.41) is 10.6. The molecule has 1 aliphatic carbocycles. The number of hydrogen-bond acceptors (Lipinski definition) is 4. The number of pyridine rings is 1. The standard InChI is InChI=1S/C16H20N2O3S/c1-11-8-9-15(12-5-4-10-17-16(11)12)22(20,21)18-13-6-2-3-7-14(13)19/h4-5,8-10,13-14,18-19H,2-3,6-7H2,1H3. The Morgan fingerprint density at radius 1 is 1.23 bits per heavy atom. The summed E-state index contributed by atoms with van der Waals surface area (Å²) < 4.78 is 28.1. The van der Waals surface area contributed by atoms with Crippen molar-refractivity contribution in [2.45, 2.75) is 49.6 Å². The molecule has 1 aromatic heterocycles. The molecule has 1 heterocycles. The SMILES string of the molecule is Cc1ccc(S(=O)(=O)NC2CCCCC2O)c2cccnc12. The summed E-state index contributed by atoms with van der Waals surface area (Å²) in [6.45, 7) is 1.91. The van der Waals surface area contributed by atoms with Crippen molar-refractivity contribution in [1.29, 1.82) is 0 Å². The number of sulfonamides is 1. The predicted molar refractivity (Wildman–Crippen MR) is 85.1 cm³/mol. The van der Waals surface area contributed by atoms with Crippen LogP contribution in [0, 0.1) is 6.92 Å². The van der Waals surface area contributed by atoms with Gasteiger partial charge in [0.2, 0.25) is 10.0 Å². The summed E-state index contributed by atoms with van der Waals surface area (Å²) >= 11 is 0. The van der Waals surface area contributed by atoms with Crippen LogP contribution in [0.15, 0.2) is 35.4 Å². The van der Waals surface area contributed by atoms with Gasteiger partial charge in [-0.1, -0.05) is 18.9 Å². The van der Waals surface area contributed by atoms with E-state index in [9.17, 15) is 13.5 Å². The van der Waals surface area contributed by atoms with Crippen molar-refractivity contribution < 1.29 is 13.5 Å². The van der Waals surface area contributed by atoms with Crippen LogP contribution in [-0.2, 0) is 10.0 Å². The van der Waals surface area contributed by atoms with Crippen molar-refractivity contribution in [1.82, 2.24) is 9.71 Å². The zero-order chi connectivity index (χ0) is 15.7. The van der Waals surface area contributed by atoms with E-state index in [-0.39, 0.29) is 4.90 Å². The zero-order valence-electron chi connectivity index (χ0n) is 12.5. The average Bonchev–Trinajstić information content (AvgIpc) is 2.50. The van der Waals surface area contributed by atoms with Crippen LogP contribution in [0.5, 0.6) is 0 Å². The number of rotatable bonds is 3. The number of hydrogen-bond donors (Lipinski definition) is 2. The van der Waals surface area contributed by atoms with Crippen molar-refractivity contribution in [3.8, 4) is 0 Å². The normalized spacial score (nSPS) is 22.8. The Morgan fingerprint density at radius 2 is 2.00 bits per heavy atom. The number of nitrogens with one attached hydrogen (secondary N) is 1. The molecule has 0 radical (unpaired) electrons. The fraction of sp³-hybridized carbons (Fsp3) is 0.438. The predicted octanol–water partition coefficient (Wildman–Crippen LogP) is 2.13. The summed E-state index contributed by atoms with van der Waals surface area (Å²) in [7, 11) is -3.69. The van der Waals surface area contributed by atoms with Crippen molar-refractivity contribution in [2.24, 2.45) is 0 Å². The van der Waals surface area contributed by atoms with Crippen LogP contribution in [0.3, 0.4) is 0 Å². The topological polar surface area (TPSA) is 79.3 Å². The average molecular weight is 320 g/mol. The minimum Gasteiger partial charge on any atom is -0.391 e. The first-order valence-electron chi connectivity index (χ1n) is 7.54. The first kappa shape index (κ1) is 15.4. The Labute approximate surface area is 130 Å². The number of nitrogens with zero attached hydrogens (tertiary/aromatic N) is 1. The molecule has 1 saturated carbocycles. The highest BCUT2D eigenvalue weighted by atomic mass is 32.2. The third-order valence-electron chi connectivity index (χ3n) is 4.26. The minimum absolute atomic E-state index is 0.221. The number of aromatic nitrogens is 1. The lowest BCUT2D eigenvalue weighted by molar-refractivity contribution is 0.101. The Kier molecular flexibility index (Phi) is 4.16. The lowest BCUT2D eigenvalue weighted by atomic mass is 9.93. The van der Waals surface area contributed by atoms with Gasteiger partial charge in [0.1, 0.15) is 0 Å². The second-order valence-electron chi connectivity index (χ2n) is 5.86. The van der Waals surface area contributed by atoms with E-state index in [4.69, 9.17) is 0 Å². The van der Waals surface area contributed by atoms with Crippen molar-refractivity contribution in [3.63, 3.8) is 0 Å². The number of fused-ring (bicyclic) bond motifs is 1. The fourth-order valence-electron chi connectivity index (χ4n) is 3.03. The number of aliphatic hydroxyl groups excluding tert-OH is 1. The van der Waals surface area contributed by atoms with Crippen LogP contribution >= 0.6 is 0 Å². The maximum Gasteiger partial charge on any atom is 0.241 e. The van der Waals surface area contributed by atoms with Crippen LogP contribution in [0.25, 0.3) is 10.9 Å². The second kappa shape index (κ2) is 5.95. The molecule has 1 aliphatic rings. The van der Waals surface area contributed by atoms with E-state index >= 15 is 0 Å². The first-order chi connectivity index (χ1) is 10.5. The van der Waals surface area contributed by atoms with Crippen molar-refractivity contribution in [3.05, 3.63) is 36.0 Å². The summed E-state index contributed by atoms with van der Waals surface area (Å²) in [5.41, 5.74) is 1.63. The van der Waals surface area contributed by atoms with E-state index in [1.165, 1.54) is 0 Å². The molecule has 2 aromatic rings. The highest BCUT2D eigenvalue weighted by Crippen LogP contribution is 2.26. The molecule has 5 nitrogen and oxygen atoms in total. The van der Waals surface area contributed by atoms with Gasteiger partial charge in [-0.05, 0) is 43.5 Å². The van der Waals surface area contributed by atoms with Gasteiger partial charge >= 0.3 is 0 Å². The molecule has 0 saturated heterocycles. The molecule has 0 amide bonds. The molecule has 0 bridgehead atoms. The molecule has 0 aliphatic heterocycles. The van der Waals surface area contributed by atoms with Crippen molar-refractivity contribution in [2.75, 3.05) is 0 Å². The zero-order valence-corrected chi connectivity index (χ0v) is 13.3. The van der Waals surface area contributed by atoms with Crippen LogP contribution in [0.4, 0.5) is 0 Å². The highest BCUT2D eigenvalue weighted by molar-refractivity contribution is 7.89. The van der Waals surface area contributed by atoms with Gasteiger partial charge in [-0.25, -0.2) is 13.1 Å². The Hall–Kier alpha value is -1.50. The van der Waals surface area contributed by atoms with Crippen LogP contribution in [0.1, 0.15) is 31.2 Å². The van der Waals surface area contributed by atoms with Crippen molar-refractivity contribution >= 4 is 20.9 Å². The van der Waals surface area contributed by atoms with Crippen LogP contribution < -0.4 is 4.72 Å². The second-order valence-corrected chi connectivity index (χ2v) is 7.54. The lowest BCUT2D eigenvalue weighted by Gasteiger charge is -2.28. The summed E-state index contributed by atoms with van der Waals surface area (Å²) in [6, 6.07) is 6.46. The third-order valence-corrected chi connectivity index (χ3v) is 5.81. The highest BCUT2D eigenvalue weighted by Gasteiger charge is 2.29. The third kappa shape index (κ3) is 2.86. The van der Waals surface area contributed by atoms with Gasteiger partial charge in [0, 0.05) is 17.6 Å². The molecule has 118 valence electrons. The molecule has 6 heteroatoms. The Bertz CT molecular complexity index is 789. The van der Waals surface area contributed by atoms with Gasteiger partial charge in [-0.2, -0.15) is 0 Å². The first-order valence-corrected chi connectivity index (χ1v) is 9.02. The van der Waals surface area contributed by atoms with Gasteiger partial charge in [0.15, 0.2) is 0 Å². The summed E-state index contributed by atoms with van der Waals surface area (Å²) in [5.74, 6) is 0. The maximum atomic E-state index is 12.7. The summed E-state index contributed by atoms with van der Waals surface area (Å²) in [4.78, 5) is 4.50. The molecule has 2 N–H and O–H groups in total. The van der Waals surface area contributed by atoms with Crippen LogP contribution in [0.2, 0.25) is 0 Å². The minimum atomic E-state index is -3.69. The molecular weight excluding hydrogens is 300 g/mol. The molecule has 1 aromatic carbocycles.